The van der Waals surface area contributed by atoms with Gasteiger partial charge in [-0.3, -0.25) is 9.48 Å². The van der Waals surface area contributed by atoms with E-state index in [9.17, 15) is 4.79 Å². The number of carbonyl (C=O) groups excluding carboxylic acids is 1. The molecular weight excluding hydrogens is 332 g/mol. The number of benzene rings is 2. The molecule has 0 bridgehead atoms. The Balaban J connectivity index is 1.65. The molecule has 2 aromatic heterocycles. The maximum atomic E-state index is 12.5. The second kappa shape index (κ2) is 6.55. The number of hydrogen-bond acceptors (Lipinski definition) is 6. The number of nitrogens with one attached hydrogen (secondary N) is 1. The molecule has 0 fully saturated rings. The number of aryl methyl sites for hydroxylation is 1. The molecule has 2 heterocycles. The van der Waals surface area contributed by atoms with Crippen molar-refractivity contribution >= 4 is 11.7 Å². The van der Waals surface area contributed by atoms with E-state index in [-0.39, 0.29) is 5.91 Å². The standard InChI is InChI=1S/C17H14N8O/c1-24-11-15(19-22-24)18-17(26)13-7-5-6-12(10-13)16-20-21-23-25(16)14-8-3-2-4-9-14/h2-11H,1H3,(H,18,26). The average molecular weight is 346 g/mol. The fraction of sp³-hybridized carbons (Fsp3) is 0.0588. The Morgan fingerprint density at radius 2 is 1.85 bits per heavy atom. The number of anilines is 1. The zero-order valence-electron chi connectivity index (χ0n) is 13.8. The number of nitrogens with zero attached hydrogens (tertiary/aromatic N) is 7. The van der Waals surface area contributed by atoms with Gasteiger partial charge >= 0.3 is 0 Å². The lowest BCUT2D eigenvalue weighted by molar-refractivity contribution is 0.102. The van der Waals surface area contributed by atoms with Gasteiger partial charge in [-0.15, -0.1) is 10.2 Å². The Labute approximate surface area is 148 Å². The average Bonchev–Trinajstić information content (AvgIpc) is 3.32. The van der Waals surface area contributed by atoms with E-state index in [0.717, 1.165) is 11.3 Å². The van der Waals surface area contributed by atoms with Gasteiger partial charge in [-0.1, -0.05) is 35.5 Å². The van der Waals surface area contributed by atoms with E-state index in [0.29, 0.717) is 17.2 Å². The number of hydrogen-bond donors (Lipinski definition) is 1. The fourth-order valence-corrected chi connectivity index (χ4v) is 2.50. The van der Waals surface area contributed by atoms with Crippen molar-refractivity contribution < 1.29 is 4.79 Å². The van der Waals surface area contributed by atoms with Gasteiger partial charge in [0.05, 0.1) is 11.9 Å². The molecule has 0 saturated carbocycles. The normalized spacial score (nSPS) is 10.7. The molecule has 4 rings (SSSR count). The second-order valence-electron chi connectivity index (χ2n) is 5.56. The van der Waals surface area contributed by atoms with Crippen molar-refractivity contribution in [3.8, 4) is 17.1 Å². The fourth-order valence-electron chi connectivity index (χ4n) is 2.50. The van der Waals surface area contributed by atoms with Gasteiger partial charge < -0.3 is 5.32 Å². The highest BCUT2D eigenvalue weighted by molar-refractivity contribution is 6.04. The zero-order chi connectivity index (χ0) is 17.9. The Hall–Kier alpha value is -3.88. The molecular formula is C17H14N8O. The summed E-state index contributed by atoms with van der Waals surface area (Å²) in [6, 6.07) is 16.6. The molecule has 128 valence electrons. The minimum atomic E-state index is -0.286. The van der Waals surface area contributed by atoms with Gasteiger partial charge in [0.15, 0.2) is 11.6 Å². The van der Waals surface area contributed by atoms with Crippen LogP contribution in [-0.2, 0) is 7.05 Å². The van der Waals surface area contributed by atoms with Gasteiger partial charge in [-0.25, -0.2) is 0 Å². The number of tetrazole rings is 1. The van der Waals surface area contributed by atoms with Crippen LogP contribution in [0.4, 0.5) is 5.82 Å². The van der Waals surface area contributed by atoms with Crippen LogP contribution in [-0.4, -0.2) is 41.1 Å². The molecule has 0 unspecified atom stereocenters. The smallest absolute Gasteiger partial charge is 0.256 e. The molecule has 0 aliphatic rings. The third kappa shape index (κ3) is 3.05. The van der Waals surface area contributed by atoms with Crippen LogP contribution in [0.2, 0.25) is 0 Å². The molecule has 0 atom stereocenters. The number of para-hydroxylation sites is 1. The second-order valence-corrected chi connectivity index (χ2v) is 5.56. The Morgan fingerprint density at radius 3 is 2.62 bits per heavy atom. The number of carbonyl (C=O) groups is 1. The van der Waals surface area contributed by atoms with Gasteiger partial charge in [0.2, 0.25) is 0 Å². The first-order valence-corrected chi connectivity index (χ1v) is 7.82. The molecule has 26 heavy (non-hydrogen) atoms. The summed E-state index contributed by atoms with van der Waals surface area (Å²) < 4.78 is 3.14. The Kier molecular flexibility index (Phi) is 3.94. The summed E-state index contributed by atoms with van der Waals surface area (Å²) in [5.41, 5.74) is 2.03. The lowest BCUT2D eigenvalue weighted by atomic mass is 10.1. The highest BCUT2D eigenvalue weighted by atomic mass is 16.1. The van der Waals surface area contributed by atoms with Crippen molar-refractivity contribution in [2.24, 2.45) is 7.05 Å². The molecule has 0 saturated heterocycles. The van der Waals surface area contributed by atoms with Gasteiger partial charge in [-0.2, -0.15) is 4.68 Å². The molecule has 0 aliphatic carbocycles. The maximum absolute atomic E-state index is 12.5. The minimum Gasteiger partial charge on any atom is -0.304 e. The third-order valence-electron chi connectivity index (χ3n) is 3.70. The summed E-state index contributed by atoms with van der Waals surface area (Å²) in [6.45, 7) is 0. The minimum absolute atomic E-state index is 0.286. The summed E-state index contributed by atoms with van der Waals surface area (Å²) in [6.07, 6.45) is 1.62. The van der Waals surface area contributed by atoms with Crippen LogP contribution in [0.3, 0.4) is 0 Å². The monoisotopic (exact) mass is 346 g/mol. The van der Waals surface area contributed by atoms with Crippen LogP contribution in [0.25, 0.3) is 17.1 Å². The third-order valence-corrected chi connectivity index (χ3v) is 3.70. The van der Waals surface area contributed by atoms with Crippen molar-refractivity contribution in [3.05, 3.63) is 66.4 Å². The molecule has 0 radical (unpaired) electrons. The van der Waals surface area contributed by atoms with Gasteiger partial charge in [-0.05, 0) is 34.7 Å². The summed E-state index contributed by atoms with van der Waals surface area (Å²) in [7, 11) is 1.73. The van der Waals surface area contributed by atoms with E-state index in [4.69, 9.17) is 0 Å². The van der Waals surface area contributed by atoms with Crippen LogP contribution in [0.15, 0.2) is 60.8 Å². The van der Waals surface area contributed by atoms with E-state index >= 15 is 0 Å². The summed E-state index contributed by atoms with van der Waals surface area (Å²) in [4.78, 5) is 12.5. The highest BCUT2D eigenvalue weighted by Crippen LogP contribution is 2.20. The molecule has 1 amide bonds. The van der Waals surface area contributed by atoms with Crippen molar-refractivity contribution in [2.75, 3.05) is 5.32 Å². The topological polar surface area (TPSA) is 103 Å². The van der Waals surface area contributed by atoms with Crippen LogP contribution in [0, 0.1) is 0 Å². The highest BCUT2D eigenvalue weighted by Gasteiger charge is 2.14. The molecule has 0 spiro atoms. The first-order chi connectivity index (χ1) is 12.7. The largest absolute Gasteiger partial charge is 0.304 e. The van der Waals surface area contributed by atoms with Gasteiger partial charge in [0.25, 0.3) is 5.91 Å². The summed E-state index contributed by atoms with van der Waals surface area (Å²) >= 11 is 0. The Morgan fingerprint density at radius 1 is 1.00 bits per heavy atom. The predicted octanol–water partition coefficient (Wildman–Crippen LogP) is 1.71. The number of rotatable bonds is 4. The predicted molar refractivity (Wildman–Crippen MR) is 93.5 cm³/mol. The van der Waals surface area contributed by atoms with E-state index in [1.165, 1.54) is 4.68 Å². The molecule has 0 aliphatic heterocycles. The van der Waals surface area contributed by atoms with Crippen molar-refractivity contribution in [3.63, 3.8) is 0 Å². The first kappa shape index (κ1) is 15.6. The van der Waals surface area contributed by atoms with E-state index in [1.54, 1.807) is 36.1 Å². The first-order valence-electron chi connectivity index (χ1n) is 7.82. The van der Waals surface area contributed by atoms with Crippen molar-refractivity contribution in [2.45, 2.75) is 0 Å². The lowest BCUT2D eigenvalue weighted by Crippen LogP contribution is -2.12. The van der Waals surface area contributed by atoms with Gasteiger partial charge in [0.1, 0.15) is 0 Å². The van der Waals surface area contributed by atoms with Crippen LogP contribution in [0.5, 0.6) is 0 Å². The molecule has 1 N–H and O–H groups in total. The van der Waals surface area contributed by atoms with Crippen LogP contribution in [0.1, 0.15) is 10.4 Å². The number of aromatic nitrogens is 7. The SMILES string of the molecule is Cn1cc(NC(=O)c2cccc(-c3nnnn3-c3ccccc3)c2)nn1. The zero-order valence-corrected chi connectivity index (χ0v) is 13.8. The molecule has 2 aromatic carbocycles. The maximum Gasteiger partial charge on any atom is 0.256 e. The van der Waals surface area contributed by atoms with Crippen LogP contribution < -0.4 is 5.32 Å². The molecule has 9 heteroatoms. The quantitative estimate of drug-likeness (QED) is 0.603. The van der Waals surface area contributed by atoms with Crippen molar-refractivity contribution in [1.29, 1.82) is 0 Å². The summed E-state index contributed by atoms with van der Waals surface area (Å²) in [5.74, 6) is 0.647. The lowest BCUT2D eigenvalue weighted by Gasteiger charge is -2.06. The van der Waals surface area contributed by atoms with E-state index in [2.05, 4.69) is 31.2 Å². The van der Waals surface area contributed by atoms with Crippen molar-refractivity contribution in [1.82, 2.24) is 35.2 Å². The van der Waals surface area contributed by atoms with E-state index < -0.39 is 0 Å². The molecule has 4 aromatic rings. The summed E-state index contributed by atoms with van der Waals surface area (Å²) in [5, 5.41) is 22.2. The van der Waals surface area contributed by atoms with Gasteiger partial charge in [0, 0.05) is 18.2 Å². The van der Waals surface area contributed by atoms with E-state index in [1.807, 2.05) is 36.4 Å². The molecule has 9 nitrogen and oxygen atoms in total. The Bertz CT molecular complexity index is 1050. The number of amides is 1. The van der Waals surface area contributed by atoms with Crippen LogP contribution >= 0.6 is 0 Å².